The van der Waals surface area contributed by atoms with Crippen LogP contribution >= 0.6 is 0 Å². The molecule has 0 unspecified atom stereocenters. The molecule has 2 N–H and O–H groups in total. The highest BCUT2D eigenvalue weighted by Gasteiger charge is 2.34. The molecule has 0 radical (unpaired) electrons. The van der Waals surface area contributed by atoms with Gasteiger partial charge in [0.05, 0.1) is 19.2 Å². The Balaban J connectivity index is 2.47. The van der Waals surface area contributed by atoms with Crippen molar-refractivity contribution < 1.29 is 24.5 Å². The molecule has 0 aliphatic carbocycles. The van der Waals surface area contributed by atoms with E-state index in [0.29, 0.717) is 25.1 Å². The van der Waals surface area contributed by atoms with Gasteiger partial charge in [0.15, 0.2) is 0 Å². The van der Waals surface area contributed by atoms with Gasteiger partial charge in [-0.3, -0.25) is 9.59 Å². The number of ether oxygens (including phenoxy) is 1. The first-order valence-corrected chi connectivity index (χ1v) is 10.2. The summed E-state index contributed by atoms with van der Waals surface area (Å²) >= 11 is 0. The van der Waals surface area contributed by atoms with Crippen molar-refractivity contribution in [3.8, 4) is 17.7 Å². The van der Waals surface area contributed by atoms with E-state index in [2.05, 4.69) is 16.8 Å². The summed E-state index contributed by atoms with van der Waals surface area (Å²) in [5.41, 5.74) is 0.723. The number of aliphatic hydroxyl groups is 2. The van der Waals surface area contributed by atoms with Crippen LogP contribution in [0.3, 0.4) is 0 Å². The van der Waals surface area contributed by atoms with Crippen molar-refractivity contribution in [2.45, 2.75) is 52.4 Å². The van der Waals surface area contributed by atoms with Crippen LogP contribution in [0.25, 0.3) is 0 Å². The smallest absolute Gasteiger partial charge is 0.259 e. The summed E-state index contributed by atoms with van der Waals surface area (Å²) in [5.74, 6) is 5.20. The number of likely N-dealkylation sites (N-methyl/N-ethyl adjacent to an activating group) is 1. The molecule has 0 spiro atoms. The summed E-state index contributed by atoms with van der Waals surface area (Å²) in [6.45, 7) is 7.62. The van der Waals surface area contributed by atoms with E-state index >= 15 is 0 Å². The van der Waals surface area contributed by atoms with E-state index in [1.54, 1.807) is 43.7 Å². The number of amides is 2. The van der Waals surface area contributed by atoms with Crippen molar-refractivity contribution in [2.75, 3.05) is 26.7 Å². The second-order valence-corrected chi connectivity index (χ2v) is 7.77. The predicted octanol–water partition coefficient (Wildman–Crippen LogP) is 0.902. The van der Waals surface area contributed by atoms with Crippen LogP contribution in [-0.2, 0) is 4.79 Å². The van der Waals surface area contributed by atoms with Crippen LogP contribution in [0.2, 0.25) is 0 Å². The number of aliphatic hydroxyl groups excluding tert-OH is 2. The minimum atomic E-state index is -0.804. The molecule has 8 nitrogen and oxygen atoms in total. The van der Waals surface area contributed by atoms with Gasteiger partial charge in [-0.15, -0.1) is 0 Å². The Morgan fingerprint density at radius 1 is 1.47 bits per heavy atom. The molecule has 0 aromatic carbocycles. The lowest BCUT2D eigenvalue weighted by atomic mass is 10.00. The zero-order valence-electron chi connectivity index (χ0n) is 18.3. The molecule has 2 heterocycles. The van der Waals surface area contributed by atoms with E-state index in [1.807, 2.05) is 6.92 Å². The van der Waals surface area contributed by atoms with E-state index in [4.69, 9.17) is 4.74 Å². The van der Waals surface area contributed by atoms with Gasteiger partial charge in [-0.2, -0.15) is 0 Å². The summed E-state index contributed by atoms with van der Waals surface area (Å²) in [4.78, 5) is 32.8. The maximum absolute atomic E-state index is 13.2. The third-order valence-corrected chi connectivity index (χ3v) is 5.13. The van der Waals surface area contributed by atoms with E-state index in [1.165, 1.54) is 6.20 Å². The lowest BCUT2D eigenvalue weighted by molar-refractivity contribution is -0.131. The highest BCUT2D eigenvalue weighted by atomic mass is 16.5. The summed E-state index contributed by atoms with van der Waals surface area (Å²) in [6, 6.07) is 1.19. The molecule has 1 aliphatic heterocycles. The number of carbonyl (C=O) groups is 2. The van der Waals surface area contributed by atoms with Gasteiger partial charge in [0.25, 0.3) is 5.91 Å². The van der Waals surface area contributed by atoms with Crippen molar-refractivity contribution in [3.05, 3.63) is 23.4 Å². The monoisotopic (exact) mass is 417 g/mol. The van der Waals surface area contributed by atoms with Crippen molar-refractivity contribution in [1.29, 1.82) is 0 Å². The van der Waals surface area contributed by atoms with Gasteiger partial charge in [-0.05, 0) is 19.9 Å². The average Bonchev–Trinajstić information content (AvgIpc) is 2.73. The van der Waals surface area contributed by atoms with Gasteiger partial charge >= 0.3 is 0 Å². The molecular weight excluding hydrogens is 386 g/mol. The summed E-state index contributed by atoms with van der Waals surface area (Å²) in [7, 11) is 1.73. The first-order valence-electron chi connectivity index (χ1n) is 10.2. The Labute approximate surface area is 177 Å². The molecule has 1 aromatic rings. The number of rotatable bonds is 5. The lowest BCUT2D eigenvalue weighted by Crippen LogP contribution is -2.50. The number of aromatic nitrogens is 1. The fourth-order valence-electron chi connectivity index (χ4n) is 3.22. The van der Waals surface area contributed by atoms with Crippen molar-refractivity contribution in [1.82, 2.24) is 14.8 Å². The highest BCUT2D eigenvalue weighted by Crippen LogP contribution is 2.27. The Bertz CT molecular complexity index is 830. The highest BCUT2D eigenvalue weighted by molar-refractivity contribution is 5.97. The molecule has 1 aliphatic rings. The standard InChI is InChI=1S/C22H31N3O5/c1-6-20(28)24(5)12-19-14(2)11-25(15(3)13-26)22(29)18-9-17(8-7-16(4)27)10-23-21(18)30-19/h9-10,14-16,19,26-27H,6,11-13H2,1-5H3/t14-,15-,16-,19-/m1/s1. The zero-order chi connectivity index (χ0) is 22.4. The Hall–Kier alpha value is -2.63. The van der Waals surface area contributed by atoms with Crippen molar-refractivity contribution in [3.63, 3.8) is 0 Å². The number of carbonyl (C=O) groups excluding carboxylic acids is 2. The van der Waals surface area contributed by atoms with E-state index in [0.717, 1.165) is 0 Å². The normalized spacial score (nSPS) is 20.6. The van der Waals surface area contributed by atoms with Crippen LogP contribution in [0.15, 0.2) is 12.3 Å². The second-order valence-electron chi connectivity index (χ2n) is 7.77. The summed E-state index contributed by atoms with van der Waals surface area (Å²) in [5, 5.41) is 19.1. The van der Waals surface area contributed by atoms with Gasteiger partial charge in [-0.1, -0.05) is 25.7 Å². The van der Waals surface area contributed by atoms with E-state index in [9.17, 15) is 19.8 Å². The third-order valence-electron chi connectivity index (χ3n) is 5.13. The largest absolute Gasteiger partial charge is 0.472 e. The van der Waals surface area contributed by atoms with E-state index < -0.39 is 12.1 Å². The number of pyridine rings is 1. The van der Waals surface area contributed by atoms with Crippen LogP contribution in [0.1, 0.15) is 50.0 Å². The average molecular weight is 418 g/mol. The Morgan fingerprint density at radius 3 is 2.77 bits per heavy atom. The maximum atomic E-state index is 13.2. The molecule has 1 aromatic heterocycles. The Morgan fingerprint density at radius 2 is 2.17 bits per heavy atom. The van der Waals surface area contributed by atoms with Crippen LogP contribution in [0, 0.1) is 17.8 Å². The number of hydrogen-bond acceptors (Lipinski definition) is 6. The van der Waals surface area contributed by atoms with Crippen molar-refractivity contribution >= 4 is 11.8 Å². The minimum absolute atomic E-state index is 0.00134. The fourth-order valence-corrected chi connectivity index (χ4v) is 3.22. The fraction of sp³-hybridized carbons (Fsp3) is 0.591. The summed E-state index contributed by atoms with van der Waals surface area (Å²) < 4.78 is 6.11. The van der Waals surface area contributed by atoms with Crippen molar-refractivity contribution in [2.24, 2.45) is 5.92 Å². The SMILES string of the molecule is CCC(=O)N(C)C[C@H]1Oc2ncc(C#C[C@@H](C)O)cc2C(=O)N([C@H](C)CO)C[C@H]1C. The van der Waals surface area contributed by atoms with Crippen LogP contribution in [0.4, 0.5) is 0 Å². The molecule has 8 heteroatoms. The third kappa shape index (κ3) is 5.71. The first kappa shape index (κ1) is 23.6. The minimum Gasteiger partial charge on any atom is -0.472 e. The van der Waals surface area contributed by atoms with Crippen LogP contribution in [0.5, 0.6) is 5.88 Å². The van der Waals surface area contributed by atoms with E-state index in [-0.39, 0.29) is 41.9 Å². The molecule has 0 saturated heterocycles. The van der Waals surface area contributed by atoms with Gasteiger partial charge < -0.3 is 24.7 Å². The van der Waals surface area contributed by atoms with Gasteiger partial charge in [0.1, 0.15) is 17.8 Å². The molecule has 2 rings (SSSR count). The number of nitrogens with zero attached hydrogens (tertiary/aromatic N) is 3. The van der Waals surface area contributed by atoms with Crippen LogP contribution < -0.4 is 4.74 Å². The lowest BCUT2D eigenvalue weighted by Gasteiger charge is -2.37. The van der Waals surface area contributed by atoms with Gasteiger partial charge in [-0.25, -0.2) is 4.98 Å². The number of fused-ring (bicyclic) bond motifs is 1. The first-order chi connectivity index (χ1) is 14.2. The topological polar surface area (TPSA) is 103 Å². The maximum Gasteiger partial charge on any atom is 0.259 e. The molecule has 164 valence electrons. The molecule has 0 saturated carbocycles. The molecule has 30 heavy (non-hydrogen) atoms. The van der Waals surface area contributed by atoms with Gasteiger partial charge in [0.2, 0.25) is 11.8 Å². The number of hydrogen-bond donors (Lipinski definition) is 2. The molecule has 2 amide bonds. The summed E-state index contributed by atoms with van der Waals surface area (Å²) in [6.07, 6.45) is 0.699. The molecular formula is C22H31N3O5. The zero-order valence-corrected chi connectivity index (χ0v) is 18.3. The quantitative estimate of drug-likeness (QED) is 0.690. The molecule has 4 atom stereocenters. The Kier molecular flexibility index (Phi) is 8.21. The molecule has 0 bridgehead atoms. The predicted molar refractivity (Wildman–Crippen MR) is 112 cm³/mol. The molecule has 0 fully saturated rings. The van der Waals surface area contributed by atoms with Gasteiger partial charge in [0, 0.05) is 37.7 Å². The van der Waals surface area contributed by atoms with Crippen LogP contribution in [-0.4, -0.2) is 81.8 Å². The second kappa shape index (κ2) is 10.4.